The first-order chi connectivity index (χ1) is 13.0. The van der Waals surface area contributed by atoms with Crippen molar-refractivity contribution >= 4 is 29.1 Å². The van der Waals surface area contributed by atoms with Gasteiger partial charge in [-0.05, 0) is 50.5 Å². The molecule has 0 bridgehead atoms. The third-order valence-corrected chi connectivity index (χ3v) is 5.95. The summed E-state index contributed by atoms with van der Waals surface area (Å²) in [6, 6.07) is 6.89. The second-order valence-electron chi connectivity index (χ2n) is 7.14. The van der Waals surface area contributed by atoms with Crippen LogP contribution < -0.4 is 5.32 Å². The van der Waals surface area contributed by atoms with E-state index in [0.717, 1.165) is 24.6 Å². The SMILES string of the molecule is CC(=O)c1ccc(NC(=O)[C@H](C)Sc2n[nH]c(CCC3CCCC3)n2)cc1. The Bertz CT molecular complexity index is 782. The first-order valence-electron chi connectivity index (χ1n) is 9.51. The van der Waals surface area contributed by atoms with Crippen LogP contribution in [0.15, 0.2) is 29.4 Å². The molecule has 1 atom stereocenters. The van der Waals surface area contributed by atoms with Crippen molar-refractivity contribution in [3.8, 4) is 0 Å². The molecular formula is C20H26N4O2S. The normalized spacial score (nSPS) is 15.6. The quantitative estimate of drug-likeness (QED) is 0.523. The van der Waals surface area contributed by atoms with Crippen LogP contribution in [0.2, 0.25) is 0 Å². The Morgan fingerprint density at radius 1 is 1.26 bits per heavy atom. The van der Waals surface area contributed by atoms with Crippen LogP contribution in [0.3, 0.4) is 0 Å². The summed E-state index contributed by atoms with van der Waals surface area (Å²) in [5, 5.41) is 10.4. The highest BCUT2D eigenvalue weighted by Gasteiger charge is 2.19. The molecule has 1 aromatic carbocycles. The van der Waals surface area contributed by atoms with Crippen molar-refractivity contribution in [3.05, 3.63) is 35.7 Å². The molecule has 1 aliphatic rings. The number of hydrogen-bond acceptors (Lipinski definition) is 5. The van der Waals surface area contributed by atoms with Crippen LogP contribution in [0.1, 0.15) is 62.1 Å². The number of nitrogens with zero attached hydrogens (tertiary/aromatic N) is 2. The van der Waals surface area contributed by atoms with E-state index < -0.39 is 0 Å². The molecule has 1 aliphatic carbocycles. The number of thioether (sulfide) groups is 1. The van der Waals surface area contributed by atoms with Gasteiger partial charge in [-0.15, -0.1) is 5.10 Å². The number of hydrogen-bond donors (Lipinski definition) is 2. The maximum absolute atomic E-state index is 12.4. The molecule has 0 unspecified atom stereocenters. The zero-order chi connectivity index (χ0) is 19.2. The average molecular weight is 387 g/mol. The zero-order valence-electron chi connectivity index (χ0n) is 15.8. The monoisotopic (exact) mass is 386 g/mol. The van der Waals surface area contributed by atoms with Crippen molar-refractivity contribution in [3.63, 3.8) is 0 Å². The van der Waals surface area contributed by atoms with Gasteiger partial charge in [0.25, 0.3) is 0 Å². The van der Waals surface area contributed by atoms with Crippen LogP contribution in [0.4, 0.5) is 5.69 Å². The third-order valence-electron chi connectivity index (χ3n) is 4.99. The molecule has 2 N–H and O–H groups in total. The number of carbonyl (C=O) groups is 2. The standard InChI is InChI=1S/C20H26N4O2S/c1-13(25)16-8-10-17(11-9-16)21-19(26)14(2)27-20-22-18(23-24-20)12-7-15-5-3-4-6-15/h8-11,14-15H,3-7,12H2,1-2H3,(H,21,26)(H,22,23,24)/t14-/m0/s1. The molecule has 1 fully saturated rings. The van der Waals surface area contributed by atoms with Crippen LogP contribution in [0.5, 0.6) is 0 Å². The predicted molar refractivity (Wildman–Crippen MR) is 107 cm³/mol. The van der Waals surface area contributed by atoms with Crippen molar-refractivity contribution in [1.29, 1.82) is 0 Å². The number of aromatic amines is 1. The molecule has 144 valence electrons. The largest absolute Gasteiger partial charge is 0.325 e. The summed E-state index contributed by atoms with van der Waals surface area (Å²) in [5.41, 5.74) is 1.30. The minimum atomic E-state index is -0.323. The molecule has 0 saturated heterocycles. The van der Waals surface area contributed by atoms with E-state index in [0.29, 0.717) is 16.4 Å². The summed E-state index contributed by atoms with van der Waals surface area (Å²) in [5.74, 6) is 1.61. The number of anilines is 1. The van der Waals surface area contributed by atoms with Crippen molar-refractivity contribution in [1.82, 2.24) is 15.2 Å². The van der Waals surface area contributed by atoms with Gasteiger partial charge in [0.05, 0.1) is 5.25 Å². The molecular weight excluding hydrogens is 360 g/mol. The van der Waals surface area contributed by atoms with Gasteiger partial charge in [0.2, 0.25) is 11.1 Å². The highest BCUT2D eigenvalue weighted by atomic mass is 32.2. The lowest BCUT2D eigenvalue weighted by Crippen LogP contribution is -2.22. The molecule has 7 heteroatoms. The Balaban J connectivity index is 1.48. The average Bonchev–Trinajstić information content (AvgIpc) is 3.32. The molecule has 1 aromatic heterocycles. The highest BCUT2D eigenvalue weighted by molar-refractivity contribution is 8.00. The fraction of sp³-hybridized carbons (Fsp3) is 0.500. The number of nitrogens with one attached hydrogen (secondary N) is 2. The van der Waals surface area contributed by atoms with E-state index in [9.17, 15) is 9.59 Å². The maximum Gasteiger partial charge on any atom is 0.237 e. The Morgan fingerprint density at radius 2 is 1.96 bits per heavy atom. The number of amides is 1. The van der Waals surface area contributed by atoms with E-state index in [2.05, 4.69) is 20.5 Å². The van der Waals surface area contributed by atoms with Crippen molar-refractivity contribution < 1.29 is 9.59 Å². The summed E-state index contributed by atoms with van der Waals surface area (Å²) in [6.07, 6.45) is 7.45. The predicted octanol–water partition coefficient (Wildman–Crippen LogP) is 4.25. The number of Topliss-reactive ketones (excluding diaryl/α,β-unsaturated/α-hetero) is 1. The molecule has 6 nitrogen and oxygen atoms in total. The van der Waals surface area contributed by atoms with Crippen molar-refractivity contribution in [2.75, 3.05) is 5.32 Å². The van der Waals surface area contributed by atoms with Crippen LogP contribution in [0, 0.1) is 5.92 Å². The Morgan fingerprint density at radius 3 is 2.63 bits per heavy atom. The molecule has 27 heavy (non-hydrogen) atoms. The lowest BCUT2D eigenvalue weighted by molar-refractivity contribution is -0.115. The lowest BCUT2D eigenvalue weighted by Gasteiger charge is -2.10. The van der Waals surface area contributed by atoms with Gasteiger partial charge in [0.1, 0.15) is 5.82 Å². The van der Waals surface area contributed by atoms with Gasteiger partial charge in [-0.25, -0.2) is 4.98 Å². The highest BCUT2D eigenvalue weighted by Crippen LogP contribution is 2.28. The van der Waals surface area contributed by atoms with Gasteiger partial charge in [-0.2, -0.15) is 0 Å². The molecule has 3 rings (SSSR count). The van der Waals surface area contributed by atoms with Crippen LogP contribution in [-0.4, -0.2) is 32.1 Å². The minimum Gasteiger partial charge on any atom is -0.325 e. The first kappa shape index (κ1) is 19.6. The van der Waals surface area contributed by atoms with Gasteiger partial charge in [-0.3, -0.25) is 14.7 Å². The van der Waals surface area contributed by atoms with E-state index >= 15 is 0 Å². The van der Waals surface area contributed by atoms with Gasteiger partial charge < -0.3 is 5.32 Å². The van der Waals surface area contributed by atoms with E-state index in [-0.39, 0.29) is 16.9 Å². The third kappa shape index (κ3) is 5.66. The molecule has 0 radical (unpaired) electrons. The fourth-order valence-corrected chi connectivity index (χ4v) is 4.07. The summed E-state index contributed by atoms with van der Waals surface area (Å²) in [4.78, 5) is 28.2. The molecule has 1 heterocycles. The van der Waals surface area contributed by atoms with E-state index in [1.807, 2.05) is 6.92 Å². The van der Waals surface area contributed by atoms with Gasteiger partial charge in [-0.1, -0.05) is 37.4 Å². The Kier molecular flexibility index (Phi) is 6.66. The van der Waals surface area contributed by atoms with E-state index in [1.54, 1.807) is 24.3 Å². The second kappa shape index (κ2) is 9.17. The molecule has 0 spiro atoms. The fourth-order valence-electron chi connectivity index (χ4n) is 3.33. The number of ketones is 1. The second-order valence-corrected chi connectivity index (χ2v) is 8.44. The maximum atomic E-state index is 12.4. The topological polar surface area (TPSA) is 87.7 Å². The summed E-state index contributed by atoms with van der Waals surface area (Å²) in [7, 11) is 0. The van der Waals surface area contributed by atoms with Crippen molar-refractivity contribution in [2.45, 2.75) is 62.8 Å². The summed E-state index contributed by atoms with van der Waals surface area (Å²) < 4.78 is 0. The number of carbonyl (C=O) groups excluding carboxylic acids is 2. The van der Waals surface area contributed by atoms with Crippen LogP contribution in [-0.2, 0) is 11.2 Å². The number of aryl methyl sites for hydroxylation is 1. The first-order valence-corrected chi connectivity index (χ1v) is 10.4. The molecule has 1 amide bonds. The number of H-pyrrole nitrogens is 1. The van der Waals surface area contributed by atoms with Crippen LogP contribution in [0.25, 0.3) is 0 Å². The minimum absolute atomic E-state index is 0.00476. The summed E-state index contributed by atoms with van der Waals surface area (Å²) >= 11 is 1.34. The van der Waals surface area contributed by atoms with E-state index in [1.165, 1.54) is 44.4 Å². The zero-order valence-corrected chi connectivity index (χ0v) is 16.6. The van der Waals surface area contributed by atoms with E-state index in [4.69, 9.17) is 0 Å². The number of benzene rings is 1. The Labute approximate surface area is 163 Å². The Hall–Kier alpha value is -2.15. The number of aromatic nitrogens is 3. The van der Waals surface area contributed by atoms with Gasteiger partial charge in [0.15, 0.2) is 5.78 Å². The molecule has 0 aliphatic heterocycles. The van der Waals surface area contributed by atoms with Gasteiger partial charge >= 0.3 is 0 Å². The molecule has 2 aromatic rings. The van der Waals surface area contributed by atoms with Crippen LogP contribution >= 0.6 is 11.8 Å². The lowest BCUT2D eigenvalue weighted by atomic mass is 10.0. The molecule has 1 saturated carbocycles. The van der Waals surface area contributed by atoms with Gasteiger partial charge in [0, 0.05) is 17.7 Å². The smallest absolute Gasteiger partial charge is 0.237 e. The summed E-state index contributed by atoms with van der Waals surface area (Å²) in [6.45, 7) is 3.35. The number of rotatable bonds is 8. The van der Waals surface area contributed by atoms with Crippen molar-refractivity contribution in [2.24, 2.45) is 5.92 Å².